The van der Waals surface area contributed by atoms with Crippen LogP contribution in [-0.4, -0.2) is 77.3 Å². The van der Waals surface area contributed by atoms with Crippen molar-refractivity contribution >= 4 is 23.2 Å². The number of likely N-dealkylation sites (tertiary alicyclic amines) is 1. The number of piperidine rings is 1. The number of thiazole rings is 1. The van der Waals surface area contributed by atoms with Gasteiger partial charge in [0.05, 0.1) is 18.7 Å². The van der Waals surface area contributed by atoms with E-state index >= 15 is 0 Å². The fourth-order valence-corrected chi connectivity index (χ4v) is 5.09. The molecule has 0 bridgehead atoms. The molecule has 1 aromatic heterocycles. The summed E-state index contributed by atoms with van der Waals surface area (Å²) < 4.78 is 0. The Hall–Kier alpha value is -2.25. The highest BCUT2D eigenvalue weighted by atomic mass is 32.1. The van der Waals surface area contributed by atoms with E-state index in [0.29, 0.717) is 26.1 Å². The van der Waals surface area contributed by atoms with Crippen LogP contribution in [0.1, 0.15) is 37.4 Å². The summed E-state index contributed by atoms with van der Waals surface area (Å²) in [4.78, 5) is 36.0. The highest BCUT2D eigenvalue weighted by Crippen LogP contribution is 2.24. The smallest absolute Gasteiger partial charge is 0.236 e. The molecular weight excluding hydrogens is 408 g/mol. The van der Waals surface area contributed by atoms with Gasteiger partial charge in [-0.05, 0) is 31.2 Å². The van der Waals surface area contributed by atoms with Crippen molar-refractivity contribution in [2.75, 3.05) is 45.8 Å². The Kier molecular flexibility index (Phi) is 7.35. The summed E-state index contributed by atoms with van der Waals surface area (Å²) in [6.07, 6.45) is 4.84. The number of carbonyl (C=O) groups excluding carboxylic acids is 2. The molecular formula is C24H32N4O2S. The number of hydrogen-bond acceptors (Lipinski definition) is 5. The summed E-state index contributed by atoms with van der Waals surface area (Å²) in [6.45, 7) is 7.31. The van der Waals surface area contributed by atoms with Gasteiger partial charge < -0.3 is 9.80 Å². The average Bonchev–Trinajstić information content (AvgIpc) is 3.28. The molecule has 4 rings (SSSR count). The lowest BCUT2D eigenvalue weighted by molar-refractivity contribution is -0.135. The van der Waals surface area contributed by atoms with Crippen LogP contribution in [-0.2, 0) is 22.4 Å². The zero-order valence-corrected chi connectivity index (χ0v) is 19.2. The first-order valence-corrected chi connectivity index (χ1v) is 12.3. The number of piperazine rings is 1. The van der Waals surface area contributed by atoms with Crippen molar-refractivity contribution in [3.05, 3.63) is 40.9 Å². The molecule has 2 aromatic rings. The summed E-state index contributed by atoms with van der Waals surface area (Å²) in [5.41, 5.74) is 3.26. The first-order chi connectivity index (χ1) is 15.1. The van der Waals surface area contributed by atoms with E-state index in [-0.39, 0.29) is 11.8 Å². The second-order valence-corrected chi connectivity index (χ2v) is 9.33. The maximum absolute atomic E-state index is 12.8. The summed E-state index contributed by atoms with van der Waals surface area (Å²) in [5, 5.41) is 2.96. The second-order valence-electron chi connectivity index (χ2n) is 8.47. The Morgan fingerprint density at radius 3 is 2.26 bits per heavy atom. The molecule has 0 saturated carbocycles. The molecule has 2 saturated heterocycles. The summed E-state index contributed by atoms with van der Waals surface area (Å²) in [7, 11) is 0. The van der Waals surface area contributed by atoms with E-state index in [1.54, 1.807) is 11.3 Å². The molecule has 2 aliphatic rings. The van der Waals surface area contributed by atoms with Gasteiger partial charge in [0.2, 0.25) is 11.8 Å². The monoisotopic (exact) mass is 440 g/mol. The molecule has 166 valence electrons. The van der Waals surface area contributed by atoms with Crippen LogP contribution in [0.2, 0.25) is 0 Å². The third kappa shape index (κ3) is 5.71. The molecule has 6 nitrogen and oxygen atoms in total. The molecule has 0 atom stereocenters. The number of amides is 2. The Morgan fingerprint density at radius 1 is 0.903 bits per heavy atom. The number of rotatable bonds is 6. The van der Waals surface area contributed by atoms with Crippen molar-refractivity contribution < 1.29 is 9.59 Å². The van der Waals surface area contributed by atoms with Gasteiger partial charge in [-0.1, -0.05) is 31.2 Å². The fraction of sp³-hybridized carbons (Fsp3) is 0.542. The summed E-state index contributed by atoms with van der Waals surface area (Å²) in [6, 6.07) is 8.48. The predicted octanol–water partition coefficient (Wildman–Crippen LogP) is 3.07. The number of nitrogens with zero attached hydrogens (tertiary/aromatic N) is 4. The van der Waals surface area contributed by atoms with Crippen molar-refractivity contribution in [3.63, 3.8) is 0 Å². The molecule has 2 aliphatic heterocycles. The van der Waals surface area contributed by atoms with Gasteiger partial charge in [-0.15, -0.1) is 11.3 Å². The largest absolute Gasteiger partial charge is 0.342 e. The van der Waals surface area contributed by atoms with Crippen molar-refractivity contribution in [2.24, 2.45) is 0 Å². The highest BCUT2D eigenvalue weighted by Gasteiger charge is 2.25. The Bertz CT molecular complexity index is 881. The van der Waals surface area contributed by atoms with Crippen LogP contribution in [0.4, 0.5) is 0 Å². The zero-order valence-electron chi connectivity index (χ0n) is 18.4. The van der Waals surface area contributed by atoms with Crippen LogP contribution in [0.15, 0.2) is 29.6 Å². The maximum Gasteiger partial charge on any atom is 0.236 e. The van der Waals surface area contributed by atoms with E-state index in [0.717, 1.165) is 61.7 Å². The average molecular weight is 441 g/mol. The van der Waals surface area contributed by atoms with Crippen molar-refractivity contribution in [3.8, 4) is 10.6 Å². The molecule has 0 N–H and O–H groups in total. The van der Waals surface area contributed by atoms with E-state index in [9.17, 15) is 9.59 Å². The molecule has 2 fully saturated rings. The SMILES string of the molecule is CCc1ccc(-c2nc(CC(=O)N3CCN(CC(=O)N4CCCCC4)CC3)cs2)cc1. The van der Waals surface area contributed by atoms with E-state index in [2.05, 4.69) is 41.1 Å². The van der Waals surface area contributed by atoms with E-state index in [4.69, 9.17) is 0 Å². The Balaban J connectivity index is 1.24. The lowest BCUT2D eigenvalue weighted by Crippen LogP contribution is -2.52. The second kappa shape index (κ2) is 10.4. The molecule has 0 aliphatic carbocycles. The molecule has 0 unspecified atom stereocenters. The van der Waals surface area contributed by atoms with Gasteiger partial charge in [-0.3, -0.25) is 14.5 Å². The van der Waals surface area contributed by atoms with Crippen molar-refractivity contribution in [1.29, 1.82) is 0 Å². The van der Waals surface area contributed by atoms with Crippen molar-refractivity contribution in [2.45, 2.75) is 39.0 Å². The predicted molar refractivity (Wildman–Crippen MR) is 124 cm³/mol. The van der Waals surface area contributed by atoms with Crippen LogP contribution >= 0.6 is 11.3 Å². The minimum atomic E-state index is 0.125. The quantitative estimate of drug-likeness (QED) is 0.693. The van der Waals surface area contributed by atoms with Gasteiger partial charge in [0, 0.05) is 50.2 Å². The molecule has 31 heavy (non-hydrogen) atoms. The van der Waals surface area contributed by atoms with E-state index < -0.39 is 0 Å². The molecule has 7 heteroatoms. The number of aromatic nitrogens is 1. The summed E-state index contributed by atoms with van der Waals surface area (Å²) >= 11 is 1.59. The molecule has 0 spiro atoms. The van der Waals surface area contributed by atoms with Crippen LogP contribution in [0.5, 0.6) is 0 Å². The van der Waals surface area contributed by atoms with E-state index in [1.807, 2.05) is 15.2 Å². The van der Waals surface area contributed by atoms with Crippen molar-refractivity contribution in [1.82, 2.24) is 19.7 Å². The number of aryl methyl sites for hydroxylation is 1. The van der Waals surface area contributed by atoms with Gasteiger partial charge in [0.15, 0.2) is 0 Å². The molecule has 0 radical (unpaired) electrons. The van der Waals surface area contributed by atoms with Crippen LogP contribution in [0.25, 0.3) is 10.6 Å². The topological polar surface area (TPSA) is 56.8 Å². The Morgan fingerprint density at radius 2 is 1.58 bits per heavy atom. The lowest BCUT2D eigenvalue weighted by Gasteiger charge is -2.36. The third-order valence-corrected chi connectivity index (χ3v) is 7.23. The van der Waals surface area contributed by atoms with E-state index in [1.165, 1.54) is 12.0 Å². The molecule has 3 heterocycles. The Labute approximate surface area is 188 Å². The minimum absolute atomic E-state index is 0.125. The molecule has 2 amide bonds. The normalized spacial score (nSPS) is 17.7. The molecule has 1 aromatic carbocycles. The van der Waals surface area contributed by atoms with Gasteiger partial charge in [-0.2, -0.15) is 0 Å². The first kappa shape index (κ1) is 22.0. The van der Waals surface area contributed by atoms with Gasteiger partial charge >= 0.3 is 0 Å². The van der Waals surface area contributed by atoms with Gasteiger partial charge in [-0.25, -0.2) is 4.98 Å². The lowest BCUT2D eigenvalue weighted by atomic mass is 10.1. The first-order valence-electron chi connectivity index (χ1n) is 11.4. The number of hydrogen-bond donors (Lipinski definition) is 0. The number of benzene rings is 1. The van der Waals surface area contributed by atoms with Crippen LogP contribution in [0.3, 0.4) is 0 Å². The highest BCUT2D eigenvalue weighted by molar-refractivity contribution is 7.13. The third-order valence-electron chi connectivity index (χ3n) is 6.29. The standard InChI is InChI=1S/C24H32N4O2S/c1-2-19-6-8-20(9-7-19)24-25-21(18-31-24)16-22(29)28-14-12-26(13-15-28)17-23(30)27-10-4-3-5-11-27/h6-9,18H,2-5,10-17H2,1H3. The van der Waals surface area contributed by atoms with Crippen LogP contribution < -0.4 is 0 Å². The van der Waals surface area contributed by atoms with Gasteiger partial charge in [0.1, 0.15) is 5.01 Å². The summed E-state index contributed by atoms with van der Waals surface area (Å²) in [5.74, 6) is 0.363. The maximum atomic E-state index is 12.8. The zero-order chi connectivity index (χ0) is 21.6. The fourth-order valence-electron chi connectivity index (χ4n) is 4.26. The van der Waals surface area contributed by atoms with Gasteiger partial charge in [0.25, 0.3) is 0 Å². The number of carbonyl (C=O) groups is 2. The minimum Gasteiger partial charge on any atom is -0.342 e. The van der Waals surface area contributed by atoms with Crippen LogP contribution in [0, 0.1) is 0 Å².